The summed E-state index contributed by atoms with van der Waals surface area (Å²) in [5.74, 6) is 0.247. The highest BCUT2D eigenvalue weighted by atomic mass is 19.4. The van der Waals surface area contributed by atoms with Crippen LogP contribution in [-0.2, 0) is 4.79 Å². The zero-order valence-electron chi connectivity index (χ0n) is 21.2. The van der Waals surface area contributed by atoms with Crippen LogP contribution < -0.4 is 0 Å². The quantitative estimate of drug-likeness (QED) is 0.370. The van der Waals surface area contributed by atoms with Gasteiger partial charge in [-0.2, -0.15) is 26.3 Å². The van der Waals surface area contributed by atoms with E-state index in [1.54, 1.807) is 6.92 Å². The van der Waals surface area contributed by atoms with Crippen molar-refractivity contribution in [3.05, 3.63) is 11.1 Å². The third kappa shape index (κ3) is 4.23. The molecule has 2 nitrogen and oxygen atoms in total. The van der Waals surface area contributed by atoms with E-state index < -0.39 is 36.3 Å². The first-order valence-corrected chi connectivity index (χ1v) is 13.2. The molecule has 4 aliphatic carbocycles. The Morgan fingerprint density at radius 1 is 1.00 bits per heavy atom. The topological polar surface area (TPSA) is 37.3 Å². The second kappa shape index (κ2) is 8.98. The van der Waals surface area contributed by atoms with Gasteiger partial charge in [0.25, 0.3) is 5.67 Å². The molecule has 4 aliphatic rings. The first-order valence-electron chi connectivity index (χ1n) is 13.2. The van der Waals surface area contributed by atoms with Crippen molar-refractivity contribution in [2.24, 2.45) is 34.5 Å². The molecule has 206 valence electrons. The zero-order chi connectivity index (χ0) is 26.9. The normalized spacial score (nSPS) is 38.5. The van der Waals surface area contributed by atoms with Gasteiger partial charge in [-0.1, -0.05) is 32.8 Å². The average molecular weight is 527 g/mol. The van der Waals surface area contributed by atoms with Gasteiger partial charge < -0.3 is 5.11 Å². The van der Waals surface area contributed by atoms with Gasteiger partial charge in [0.2, 0.25) is 0 Å². The smallest absolute Gasteiger partial charge is 0.393 e. The highest BCUT2D eigenvalue weighted by Crippen LogP contribution is 2.65. The van der Waals surface area contributed by atoms with E-state index in [1.165, 1.54) is 5.57 Å². The van der Waals surface area contributed by atoms with Crippen molar-refractivity contribution in [1.29, 1.82) is 0 Å². The lowest BCUT2D eigenvalue weighted by molar-refractivity contribution is -0.343. The molecule has 0 aromatic carbocycles. The number of hydrogen-bond donors (Lipinski definition) is 1. The zero-order valence-corrected chi connectivity index (χ0v) is 21.2. The minimum Gasteiger partial charge on any atom is -0.393 e. The molecule has 0 aliphatic heterocycles. The van der Waals surface area contributed by atoms with Crippen molar-refractivity contribution >= 4 is 5.78 Å². The lowest BCUT2D eigenvalue weighted by Gasteiger charge is -2.56. The number of carbonyl (C=O) groups is 1. The predicted molar refractivity (Wildman–Crippen MR) is 121 cm³/mol. The van der Waals surface area contributed by atoms with Crippen LogP contribution in [0, 0.1) is 34.5 Å². The van der Waals surface area contributed by atoms with Gasteiger partial charge in [-0.15, -0.1) is 0 Å². The lowest BCUT2D eigenvalue weighted by Crippen LogP contribution is -2.53. The molecule has 0 radical (unpaired) electrons. The van der Waals surface area contributed by atoms with Crippen molar-refractivity contribution < 1.29 is 40.6 Å². The number of ketones is 1. The number of rotatable bonds is 5. The summed E-state index contributed by atoms with van der Waals surface area (Å²) in [4.78, 5) is 13.3. The van der Waals surface area contributed by atoms with Crippen LogP contribution in [0.5, 0.6) is 0 Å². The van der Waals surface area contributed by atoms with Crippen molar-refractivity contribution in [2.45, 2.75) is 116 Å². The maximum absolute atomic E-state index is 14.1. The Kier molecular flexibility index (Phi) is 6.96. The molecule has 0 unspecified atom stereocenters. The van der Waals surface area contributed by atoms with Crippen molar-refractivity contribution in [1.82, 2.24) is 0 Å². The summed E-state index contributed by atoms with van der Waals surface area (Å²) in [6.45, 7) is 6.08. The van der Waals surface area contributed by atoms with E-state index in [9.17, 15) is 40.6 Å². The van der Waals surface area contributed by atoms with Crippen LogP contribution in [0.1, 0.15) is 91.4 Å². The molecule has 3 fully saturated rings. The Labute approximate surface area is 208 Å². The molecule has 9 heteroatoms. The van der Waals surface area contributed by atoms with Crippen LogP contribution in [0.3, 0.4) is 0 Å². The second-order valence-electron chi connectivity index (χ2n) is 12.5. The van der Waals surface area contributed by atoms with Crippen molar-refractivity contribution in [3.63, 3.8) is 0 Å². The fraction of sp³-hybridized carbons (Fsp3) is 0.889. The number of aliphatic hydroxyl groups excluding tert-OH is 1. The van der Waals surface area contributed by atoms with Gasteiger partial charge in [-0.25, -0.2) is 4.39 Å². The number of allylic oxidation sites excluding steroid dienone is 2. The maximum Gasteiger partial charge on any atom is 0.431 e. The van der Waals surface area contributed by atoms with Crippen LogP contribution in [0.25, 0.3) is 0 Å². The van der Waals surface area contributed by atoms with Gasteiger partial charge in [0, 0.05) is 12.0 Å². The van der Waals surface area contributed by atoms with Crippen molar-refractivity contribution in [2.75, 3.05) is 0 Å². The summed E-state index contributed by atoms with van der Waals surface area (Å²) >= 11 is 0. The van der Waals surface area contributed by atoms with Crippen LogP contribution >= 0.6 is 0 Å². The molecule has 7 atom stereocenters. The van der Waals surface area contributed by atoms with Crippen LogP contribution in [0.4, 0.5) is 30.7 Å². The molecule has 0 bridgehead atoms. The molecule has 0 aromatic rings. The molecule has 0 heterocycles. The van der Waals surface area contributed by atoms with Gasteiger partial charge >= 0.3 is 12.4 Å². The minimum absolute atomic E-state index is 0.00487. The number of aliphatic hydroxyl groups is 1. The third-order valence-electron chi connectivity index (χ3n) is 10.6. The standard InChI is InChI=1S/C27H37F7O2/c1-15(5-4-10-25(28,26(29,30)31)27(32,33)34)20-14-21(36)22-18-7-6-16-13-17(35)8-11-23(16,2)19(18)9-12-24(20,22)3/h15-17,19-20,35H,4-14H2,1-3H3/t15-,16+,17+,19+,20-,23+,24-/m1/s1. The fourth-order valence-corrected chi connectivity index (χ4v) is 8.48. The Hall–Kier alpha value is -1.12. The first kappa shape index (κ1) is 27.9. The van der Waals surface area contributed by atoms with E-state index in [4.69, 9.17) is 0 Å². The Morgan fingerprint density at radius 2 is 1.64 bits per heavy atom. The molecular weight excluding hydrogens is 489 g/mol. The van der Waals surface area contributed by atoms with E-state index in [0.29, 0.717) is 5.92 Å². The molecule has 0 amide bonds. The van der Waals surface area contributed by atoms with Gasteiger partial charge in [-0.3, -0.25) is 4.79 Å². The first-order chi connectivity index (χ1) is 16.5. The largest absolute Gasteiger partial charge is 0.431 e. The molecule has 0 saturated heterocycles. The SMILES string of the molecule is C[C@H](CCCC(F)(C(F)(F)F)C(F)(F)F)[C@H]1CC(=O)C2=C3CC[C@H]4C[C@@H](O)CC[C@]4(C)[C@H]3CC[C@@]21C. The number of alkyl halides is 7. The van der Waals surface area contributed by atoms with E-state index in [-0.39, 0.29) is 47.9 Å². The van der Waals surface area contributed by atoms with E-state index in [1.807, 2.05) is 6.92 Å². The fourth-order valence-electron chi connectivity index (χ4n) is 8.48. The van der Waals surface area contributed by atoms with Crippen LogP contribution in [-0.4, -0.2) is 35.0 Å². The lowest BCUT2D eigenvalue weighted by atomic mass is 9.48. The van der Waals surface area contributed by atoms with Crippen LogP contribution in [0.15, 0.2) is 11.1 Å². The third-order valence-corrected chi connectivity index (χ3v) is 10.6. The van der Waals surface area contributed by atoms with E-state index in [2.05, 4.69) is 6.92 Å². The minimum atomic E-state index is -6.02. The summed E-state index contributed by atoms with van der Waals surface area (Å²) in [5.41, 5.74) is -3.59. The van der Waals surface area contributed by atoms with Crippen LogP contribution in [0.2, 0.25) is 0 Å². The molecule has 0 aromatic heterocycles. The summed E-state index contributed by atoms with van der Waals surface area (Å²) < 4.78 is 91.7. The molecule has 3 saturated carbocycles. The average Bonchev–Trinajstić information content (AvgIpc) is 3.03. The number of fused-ring (bicyclic) bond motifs is 4. The maximum atomic E-state index is 14.1. The predicted octanol–water partition coefficient (Wildman–Crippen LogP) is 7.89. The summed E-state index contributed by atoms with van der Waals surface area (Å²) in [6, 6.07) is 0. The molecule has 4 rings (SSSR count). The molecule has 1 N–H and O–H groups in total. The van der Waals surface area contributed by atoms with E-state index >= 15 is 0 Å². The second-order valence-corrected chi connectivity index (χ2v) is 12.5. The summed E-state index contributed by atoms with van der Waals surface area (Å²) in [5, 5.41) is 10.2. The summed E-state index contributed by atoms with van der Waals surface area (Å²) in [6.07, 6.45) is -8.50. The number of carbonyl (C=O) groups excluding carboxylic acids is 1. The molecule has 36 heavy (non-hydrogen) atoms. The Balaban J connectivity index is 1.52. The number of Topliss-reactive ketones (excluding diaryl/α,β-unsaturated/α-hetero) is 1. The molecule has 0 spiro atoms. The van der Waals surface area contributed by atoms with Crippen molar-refractivity contribution in [3.8, 4) is 0 Å². The monoisotopic (exact) mass is 526 g/mol. The highest BCUT2D eigenvalue weighted by Gasteiger charge is 2.71. The number of hydrogen-bond acceptors (Lipinski definition) is 2. The highest BCUT2D eigenvalue weighted by molar-refractivity contribution is 6.00. The molecular formula is C27H37F7O2. The van der Waals surface area contributed by atoms with Gasteiger partial charge in [0.1, 0.15) is 0 Å². The Morgan fingerprint density at radius 3 is 2.25 bits per heavy atom. The van der Waals surface area contributed by atoms with Gasteiger partial charge in [0.15, 0.2) is 5.78 Å². The van der Waals surface area contributed by atoms with Gasteiger partial charge in [-0.05, 0) is 92.3 Å². The van der Waals surface area contributed by atoms with E-state index in [0.717, 1.165) is 50.5 Å². The Bertz CT molecular complexity index is 893. The summed E-state index contributed by atoms with van der Waals surface area (Å²) in [7, 11) is 0. The number of halogens is 7. The van der Waals surface area contributed by atoms with Gasteiger partial charge in [0.05, 0.1) is 6.10 Å².